The molecule has 0 radical (unpaired) electrons. The predicted molar refractivity (Wildman–Crippen MR) is 86.6 cm³/mol. The van der Waals surface area contributed by atoms with Gasteiger partial charge in [0.15, 0.2) is 0 Å². The highest BCUT2D eigenvalue weighted by Gasteiger charge is 2.15. The van der Waals surface area contributed by atoms with Crippen LogP contribution in [0.4, 0.5) is 0 Å². The SMILES string of the molecule is CNC(C)c1ccc(SCC(=O)NC2CCOCC2)cc1. The maximum absolute atomic E-state index is 11.9. The van der Waals surface area contributed by atoms with Crippen molar-refractivity contribution in [2.24, 2.45) is 0 Å². The first-order valence-corrected chi connectivity index (χ1v) is 8.44. The van der Waals surface area contributed by atoms with Crippen molar-refractivity contribution >= 4 is 17.7 Å². The Kier molecular flexibility index (Phi) is 6.54. The highest BCUT2D eigenvalue weighted by Crippen LogP contribution is 2.21. The molecular formula is C16H24N2O2S. The molecule has 1 amide bonds. The van der Waals surface area contributed by atoms with E-state index in [1.54, 1.807) is 11.8 Å². The van der Waals surface area contributed by atoms with E-state index in [0.29, 0.717) is 11.8 Å². The fraction of sp³-hybridized carbons (Fsp3) is 0.562. The minimum absolute atomic E-state index is 0.111. The lowest BCUT2D eigenvalue weighted by Crippen LogP contribution is -2.39. The van der Waals surface area contributed by atoms with Gasteiger partial charge in [0, 0.05) is 30.2 Å². The molecule has 1 heterocycles. The topological polar surface area (TPSA) is 50.4 Å². The molecular weight excluding hydrogens is 284 g/mol. The monoisotopic (exact) mass is 308 g/mol. The van der Waals surface area contributed by atoms with Crippen LogP contribution < -0.4 is 10.6 Å². The number of carbonyl (C=O) groups is 1. The molecule has 21 heavy (non-hydrogen) atoms. The van der Waals surface area contributed by atoms with Gasteiger partial charge in [0.2, 0.25) is 5.91 Å². The summed E-state index contributed by atoms with van der Waals surface area (Å²) in [6.45, 7) is 3.63. The van der Waals surface area contributed by atoms with Gasteiger partial charge in [-0.05, 0) is 44.5 Å². The summed E-state index contributed by atoms with van der Waals surface area (Å²) in [6, 6.07) is 9.01. The molecule has 0 bridgehead atoms. The minimum Gasteiger partial charge on any atom is -0.381 e. The number of hydrogen-bond donors (Lipinski definition) is 2. The molecule has 0 saturated carbocycles. The van der Waals surface area contributed by atoms with Crippen LogP contribution in [0.5, 0.6) is 0 Å². The zero-order chi connectivity index (χ0) is 15.1. The molecule has 1 aromatic carbocycles. The Hall–Kier alpha value is -1.04. The summed E-state index contributed by atoms with van der Waals surface area (Å²) < 4.78 is 5.29. The van der Waals surface area contributed by atoms with Gasteiger partial charge in [-0.1, -0.05) is 12.1 Å². The molecule has 2 N–H and O–H groups in total. The fourth-order valence-electron chi connectivity index (χ4n) is 2.28. The largest absolute Gasteiger partial charge is 0.381 e. The number of nitrogens with one attached hydrogen (secondary N) is 2. The number of rotatable bonds is 6. The highest BCUT2D eigenvalue weighted by atomic mass is 32.2. The van der Waals surface area contributed by atoms with Crippen molar-refractivity contribution in [3.63, 3.8) is 0 Å². The van der Waals surface area contributed by atoms with Crippen molar-refractivity contribution in [2.75, 3.05) is 26.0 Å². The lowest BCUT2D eigenvalue weighted by molar-refractivity contribution is -0.119. The number of carbonyl (C=O) groups excluding carboxylic acids is 1. The first-order chi connectivity index (χ1) is 10.2. The molecule has 4 nitrogen and oxygen atoms in total. The van der Waals surface area contributed by atoms with E-state index in [-0.39, 0.29) is 11.9 Å². The second kappa shape index (κ2) is 8.41. The molecule has 1 aliphatic rings. The highest BCUT2D eigenvalue weighted by molar-refractivity contribution is 8.00. The van der Waals surface area contributed by atoms with Gasteiger partial charge in [0.05, 0.1) is 5.75 Å². The molecule has 5 heteroatoms. The Morgan fingerprint density at radius 1 is 1.33 bits per heavy atom. The van der Waals surface area contributed by atoms with Crippen LogP contribution in [0.1, 0.15) is 31.4 Å². The molecule has 0 spiro atoms. The number of benzene rings is 1. The summed E-state index contributed by atoms with van der Waals surface area (Å²) in [5, 5.41) is 6.29. The summed E-state index contributed by atoms with van der Waals surface area (Å²) in [5.41, 5.74) is 1.26. The Morgan fingerprint density at radius 2 is 2.00 bits per heavy atom. The van der Waals surface area contributed by atoms with Crippen molar-refractivity contribution in [3.8, 4) is 0 Å². The van der Waals surface area contributed by atoms with Crippen molar-refractivity contribution in [2.45, 2.75) is 36.7 Å². The van der Waals surface area contributed by atoms with Gasteiger partial charge in [-0.25, -0.2) is 0 Å². The van der Waals surface area contributed by atoms with Gasteiger partial charge in [0.1, 0.15) is 0 Å². The van der Waals surface area contributed by atoms with Gasteiger partial charge in [-0.3, -0.25) is 4.79 Å². The molecule has 1 aromatic rings. The van der Waals surface area contributed by atoms with E-state index in [4.69, 9.17) is 4.74 Å². The number of thioether (sulfide) groups is 1. The zero-order valence-corrected chi connectivity index (χ0v) is 13.5. The summed E-state index contributed by atoms with van der Waals surface area (Å²) in [4.78, 5) is 13.1. The van der Waals surface area contributed by atoms with E-state index >= 15 is 0 Å². The lowest BCUT2D eigenvalue weighted by atomic mass is 10.1. The maximum Gasteiger partial charge on any atom is 0.230 e. The third-order valence-electron chi connectivity index (χ3n) is 3.77. The Balaban J connectivity index is 1.75. The van der Waals surface area contributed by atoms with Crippen molar-refractivity contribution < 1.29 is 9.53 Å². The molecule has 1 aliphatic heterocycles. The third-order valence-corrected chi connectivity index (χ3v) is 4.78. The van der Waals surface area contributed by atoms with Crippen LogP contribution >= 0.6 is 11.8 Å². The van der Waals surface area contributed by atoms with E-state index in [0.717, 1.165) is 31.0 Å². The molecule has 0 aliphatic carbocycles. The molecule has 1 saturated heterocycles. The van der Waals surface area contributed by atoms with Crippen LogP contribution in [0.15, 0.2) is 29.2 Å². The van der Waals surface area contributed by atoms with Crippen LogP contribution in [-0.2, 0) is 9.53 Å². The van der Waals surface area contributed by atoms with Gasteiger partial charge in [-0.2, -0.15) is 0 Å². The third kappa shape index (κ3) is 5.34. The number of amides is 1. The molecule has 0 aromatic heterocycles. The Labute approximate surface area is 131 Å². The zero-order valence-electron chi connectivity index (χ0n) is 12.7. The van der Waals surface area contributed by atoms with E-state index in [1.165, 1.54) is 5.56 Å². The van der Waals surface area contributed by atoms with Gasteiger partial charge in [0.25, 0.3) is 0 Å². The van der Waals surface area contributed by atoms with Crippen LogP contribution in [0.25, 0.3) is 0 Å². The first-order valence-electron chi connectivity index (χ1n) is 7.46. The predicted octanol–water partition coefficient (Wildman–Crippen LogP) is 2.35. The molecule has 1 atom stereocenters. The average Bonchev–Trinajstić information content (AvgIpc) is 2.53. The van der Waals surface area contributed by atoms with Crippen molar-refractivity contribution in [1.29, 1.82) is 0 Å². The fourth-order valence-corrected chi connectivity index (χ4v) is 2.99. The smallest absolute Gasteiger partial charge is 0.230 e. The first kappa shape index (κ1) is 16.3. The Bertz CT molecular complexity index is 444. The van der Waals surface area contributed by atoms with E-state index in [2.05, 4.69) is 41.8 Å². The van der Waals surface area contributed by atoms with Crippen LogP contribution in [0, 0.1) is 0 Å². The van der Waals surface area contributed by atoms with Crippen molar-refractivity contribution in [1.82, 2.24) is 10.6 Å². The normalized spacial score (nSPS) is 17.4. The molecule has 116 valence electrons. The second-order valence-corrected chi connectivity index (χ2v) is 6.37. The summed E-state index contributed by atoms with van der Waals surface area (Å²) in [7, 11) is 1.95. The summed E-state index contributed by atoms with van der Waals surface area (Å²) in [6.07, 6.45) is 1.85. The van der Waals surface area contributed by atoms with E-state index in [1.807, 2.05) is 7.05 Å². The van der Waals surface area contributed by atoms with Crippen molar-refractivity contribution in [3.05, 3.63) is 29.8 Å². The van der Waals surface area contributed by atoms with Gasteiger partial charge < -0.3 is 15.4 Å². The molecule has 2 rings (SSSR count). The lowest BCUT2D eigenvalue weighted by Gasteiger charge is -2.23. The number of hydrogen-bond acceptors (Lipinski definition) is 4. The standard InChI is InChI=1S/C16H24N2O2S/c1-12(17-2)13-3-5-15(6-4-13)21-11-16(19)18-14-7-9-20-10-8-14/h3-6,12,14,17H,7-11H2,1-2H3,(H,18,19). The van der Waals surface area contributed by atoms with Crippen LogP contribution in [-0.4, -0.2) is 38.0 Å². The van der Waals surface area contributed by atoms with Gasteiger partial charge in [-0.15, -0.1) is 11.8 Å². The summed E-state index contributed by atoms with van der Waals surface area (Å²) in [5.74, 6) is 0.581. The second-order valence-electron chi connectivity index (χ2n) is 5.32. The van der Waals surface area contributed by atoms with Crippen LogP contribution in [0.2, 0.25) is 0 Å². The van der Waals surface area contributed by atoms with Gasteiger partial charge >= 0.3 is 0 Å². The minimum atomic E-state index is 0.111. The van der Waals surface area contributed by atoms with E-state index in [9.17, 15) is 4.79 Å². The molecule has 1 unspecified atom stereocenters. The summed E-state index contributed by atoms with van der Waals surface area (Å²) >= 11 is 1.58. The quantitative estimate of drug-likeness (QED) is 0.792. The Morgan fingerprint density at radius 3 is 2.62 bits per heavy atom. The average molecular weight is 308 g/mol. The number of ether oxygens (including phenoxy) is 1. The maximum atomic E-state index is 11.9. The molecule has 1 fully saturated rings. The van der Waals surface area contributed by atoms with E-state index < -0.39 is 0 Å². The van der Waals surface area contributed by atoms with Crippen LogP contribution in [0.3, 0.4) is 0 Å².